The molecule has 0 spiro atoms. The highest BCUT2D eigenvalue weighted by Gasteiger charge is 2.31. The summed E-state index contributed by atoms with van der Waals surface area (Å²) < 4.78 is 38.1. The number of nitrogens with zero attached hydrogens (tertiary/aromatic N) is 2. The predicted molar refractivity (Wildman–Crippen MR) is 117 cm³/mol. The van der Waals surface area contributed by atoms with Gasteiger partial charge in [-0.15, -0.1) is 0 Å². The lowest BCUT2D eigenvalue weighted by atomic mass is 9.95. The van der Waals surface area contributed by atoms with E-state index in [0.717, 1.165) is 24.2 Å². The smallest absolute Gasteiger partial charge is 0.339 e. The van der Waals surface area contributed by atoms with Crippen molar-refractivity contribution in [3.8, 4) is 0 Å². The van der Waals surface area contributed by atoms with Gasteiger partial charge in [-0.1, -0.05) is 0 Å². The van der Waals surface area contributed by atoms with Crippen molar-refractivity contribution in [2.45, 2.75) is 31.9 Å². The Hall–Kier alpha value is -3.36. The van der Waals surface area contributed by atoms with Gasteiger partial charge in [-0.2, -0.15) is 13.2 Å². The highest BCUT2D eigenvalue weighted by molar-refractivity contribution is 5.97. The monoisotopic (exact) mass is 459 g/mol. The van der Waals surface area contributed by atoms with Gasteiger partial charge in [0.15, 0.2) is 0 Å². The first-order chi connectivity index (χ1) is 15.7. The van der Waals surface area contributed by atoms with E-state index in [1.807, 2.05) is 12.1 Å². The Kier molecular flexibility index (Phi) is 6.40. The van der Waals surface area contributed by atoms with Crippen LogP contribution in [-0.4, -0.2) is 42.3 Å². The van der Waals surface area contributed by atoms with Crippen molar-refractivity contribution in [2.75, 3.05) is 29.9 Å². The number of anilines is 2. The van der Waals surface area contributed by atoms with Crippen LogP contribution in [0.1, 0.15) is 41.6 Å². The molecule has 0 bridgehead atoms. The second-order valence-electron chi connectivity index (χ2n) is 8.33. The lowest BCUT2D eigenvalue weighted by Crippen LogP contribution is -2.41. The van der Waals surface area contributed by atoms with Crippen molar-refractivity contribution < 1.29 is 27.6 Å². The number of carbonyl (C=O) groups excluding carboxylic acids is 3. The zero-order valence-corrected chi connectivity index (χ0v) is 17.9. The fourth-order valence-electron chi connectivity index (χ4n) is 4.22. The molecule has 0 aromatic heterocycles. The molecule has 6 nitrogen and oxygen atoms in total. The van der Waals surface area contributed by atoms with Gasteiger partial charge in [0.2, 0.25) is 11.8 Å². The average Bonchev–Trinajstić information content (AvgIpc) is 3.24. The molecule has 0 radical (unpaired) electrons. The third-order valence-corrected chi connectivity index (χ3v) is 6.13. The zero-order valence-electron chi connectivity index (χ0n) is 17.9. The van der Waals surface area contributed by atoms with E-state index in [-0.39, 0.29) is 29.2 Å². The minimum atomic E-state index is -4.45. The maximum Gasteiger partial charge on any atom is 0.416 e. The Balaban J connectivity index is 1.29. The van der Waals surface area contributed by atoms with Crippen LogP contribution in [0.15, 0.2) is 48.5 Å². The number of nitrogens with one attached hydrogen (secondary N) is 1. The van der Waals surface area contributed by atoms with Crippen LogP contribution in [0, 0.1) is 5.92 Å². The summed E-state index contributed by atoms with van der Waals surface area (Å²) in [6, 6.07) is 11.3. The molecule has 2 aliphatic rings. The average molecular weight is 459 g/mol. The highest BCUT2D eigenvalue weighted by atomic mass is 19.4. The fraction of sp³-hybridized carbons (Fsp3) is 0.375. The molecule has 174 valence electrons. The lowest BCUT2D eigenvalue weighted by Gasteiger charge is -2.31. The second-order valence-corrected chi connectivity index (χ2v) is 8.33. The Morgan fingerprint density at radius 2 is 1.55 bits per heavy atom. The van der Waals surface area contributed by atoms with E-state index in [4.69, 9.17) is 0 Å². The van der Waals surface area contributed by atoms with E-state index in [2.05, 4.69) is 5.32 Å². The SMILES string of the molecule is O=C(Nc1ccc(N2CCCC2=O)cc1)C1CCN(C(=O)c2ccc(C(F)(F)F)cc2)CC1. The van der Waals surface area contributed by atoms with Crippen LogP contribution in [-0.2, 0) is 15.8 Å². The third kappa shape index (κ3) is 5.18. The number of alkyl halides is 3. The molecule has 33 heavy (non-hydrogen) atoms. The molecule has 0 aliphatic carbocycles. The molecule has 2 aromatic carbocycles. The maximum atomic E-state index is 12.7. The number of hydrogen-bond donors (Lipinski definition) is 1. The Morgan fingerprint density at radius 1 is 0.909 bits per heavy atom. The van der Waals surface area contributed by atoms with Crippen molar-refractivity contribution in [3.63, 3.8) is 0 Å². The quantitative estimate of drug-likeness (QED) is 0.740. The largest absolute Gasteiger partial charge is 0.416 e. The van der Waals surface area contributed by atoms with E-state index < -0.39 is 11.7 Å². The lowest BCUT2D eigenvalue weighted by molar-refractivity contribution is -0.137. The summed E-state index contributed by atoms with van der Waals surface area (Å²) in [5.41, 5.74) is 0.848. The van der Waals surface area contributed by atoms with Crippen LogP contribution in [0.25, 0.3) is 0 Å². The molecule has 4 rings (SSSR count). The topological polar surface area (TPSA) is 69.7 Å². The molecule has 0 saturated carbocycles. The van der Waals surface area contributed by atoms with E-state index in [1.54, 1.807) is 21.9 Å². The van der Waals surface area contributed by atoms with Gasteiger partial charge < -0.3 is 15.1 Å². The molecule has 2 fully saturated rings. The normalized spacial score (nSPS) is 17.4. The summed E-state index contributed by atoms with van der Waals surface area (Å²) in [5, 5.41) is 2.88. The van der Waals surface area contributed by atoms with E-state index in [1.165, 1.54) is 12.1 Å². The minimum absolute atomic E-state index is 0.101. The first-order valence-corrected chi connectivity index (χ1v) is 10.9. The summed E-state index contributed by atoms with van der Waals surface area (Å²) >= 11 is 0. The molecular formula is C24H24F3N3O3. The third-order valence-electron chi connectivity index (χ3n) is 6.13. The summed E-state index contributed by atoms with van der Waals surface area (Å²) in [7, 11) is 0. The minimum Gasteiger partial charge on any atom is -0.339 e. The van der Waals surface area contributed by atoms with E-state index in [0.29, 0.717) is 44.6 Å². The summed E-state index contributed by atoms with van der Waals surface area (Å²) in [5.74, 6) is -0.637. The molecule has 2 aliphatic heterocycles. The fourth-order valence-corrected chi connectivity index (χ4v) is 4.22. The van der Waals surface area contributed by atoms with Gasteiger partial charge in [-0.3, -0.25) is 14.4 Å². The molecule has 2 heterocycles. The van der Waals surface area contributed by atoms with Crippen molar-refractivity contribution >= 4 is 29.1 Å². The van der Waals surface area contributed by atoms with Crippen LogP contribution in [0.4, 0.5) is 24.5 Å². The number of halogens is 3. The van der Waals surface area contributed by atoms with Crippen molar-refractivity contribution in [1.82, 2.24) is 4.90 Å². The van der Waals surface area contributed by atoms with Crippen LogP contribution in [0.3, 0.4) is 0 Å². The maximum absolute atomic E-state index is 12.7. The van der Waals surface area contributed by atoms with E-state index in [9.17, 15) is 27.6 Å². The molecule has 0 unspecified atom stereocenters. The first kappa shape index (κ1) is 22.8. The number of amides is 3. The van der Waals surface area contributed by atoms with Gasteiger partial charge in [0.05, 0.1) is 5.56 Å². The Bertz CT molecular complexity index is 1030. The number of likely N-dealkylation sites (tertiary alicyclic amines) is 1. The summed E-state index contributed by atoms with van der Waals surface area (Å²) in [4.78, 5) is 40.4. The van der Waals surface area contributed by atoms with Gasteiger partial charge in [0.1, 0.15) is 0 Å². The van der Waals surface area contributed by atoms with Gasteiger partial charge >= 0.3 is 6.18 Å². The number of carbonyl (C=O) groups is 3. The van der Waals surface area contributed by atoms with Gasteiger partial charge in [-0.25, -0.2) is 0 Å². The molecule has 9 heteroatoms. The van der Waals surface area contributed by atoms with Crippen LogP contribution in [0.5, 0.6) is 0 Å². The molecule has 2 saturated heterocycles. The summed E-state index contributed by atoms with van der Waals surface area (Å²) in [6.07, 6.45) is -2.10. The molecule has 2 aromatic rings. The Labute approximate surface area is 189 Å². The number of piperidine rings is 1. The van der Waals surface area contributed by atoms with Gasteiger partial charge in [0, 0.05) is 48.9 Å². The van der Waals surface area contributed by atoms with Crippen LogP contribution < -0.4 is 10.2 Å². The summed E-state index contributed by atoms with van der Waals surface area (Å²) in [6.45, 7) is 1.41. The van der Waals surface area contributed by atoms with Crippen LogP contribution in [0.2, 0.25) is 0 Å². The first-order valence-electron chi connectivity index (χ1n) is 10.9. The zero-order chi connectivity index (χ0) is 23.6. The number of hydrogen-bond acceptors (Lipinski definition) is 3. The molecule has 0 atom stereocenters. The van der Waals surface area contributed by atoms with Crippen molar-refractivity contribution in [2.24, 2.45) is 5.92 Å². The highest BCUT2D eigenvalue weighted by Crippen LogP contribution is 2.30. The van der Waals surface area contributed by atoms with Gasteiger partial charge in [0.25, 0.3) is 5.91 Å². The standard InChI is InChI=1S/C24H24F3N3O3/c25-24(26,27)18-5-3-17(4-6-18)23(33)29-14-11-16(12-15-29)22(32)28-19-7-9-20(10-8-19)30-13-1-2-21(30)31/h3-10,16H,1-2,11-15H2,(H,28,32). The predicted octanol–water partition coefficient (Wildman–Crippen LogP) is 4.32. The second kappa shape index (κ2) is 9.25. The van der Waals surface area contributed by atoms with Crippen molar-refractivity contribution in [3.05, 3.63) is 59.7 Å². The number of rotatable bonds is 4. The van der Waals surface area contributed by atoms with Gasteiger partial charge in [-0.05, 0) is 67.8 Å². The van der Waals surface area contributed by atoms with E-state index >= 15 is 0 Å². The van der Waals surface area contributed by atoms with Crippen molar-refractivity contribution in [1.29, 1.82) is 0 Å². The molecule has 3 amide bonds. The molecule has 1 N–H and O–H groups in total. The molecular weight excluding hydrogens is 435 g/mol. The Morgan fingerprint density at radius 3 is 2.09 bits per heavy atom. The van der Waals surface area contributed by atoms with Crippen LogP contribution >= 0.6 is 0 Å². The number of benzene rings is 2.